The van der Waals surface area contributed by atoms with E-state index >= 15 is 0 Å². The van der Waals surface area contributed by atoms with Gasteiger partial charge in [0.1, 0.15) is 5.15 Å². The number of halogens is 2. The minimum absolute atomic E-state index is 0.152. The lowest BCUT2D eigenvalue weighted by atomic mass is 9.88. The van der Waals surface area contributed by atoms with E-state index in [-0.39, 0.29) is 6.04 Å². The Bertz CT molecular complexity index is 769. The first kappa shape index (κ1) is 17.0. The fourth-order valence-electron chi connectivity index (χ4n) is 2.82. The quantitative estimate of drug-likeness (QED) is 0.518. The Hall–Kier alpha value is -0.880. The van der Waals surface area contributed by atoms with Crippen LogP contribution in [0.3, 0.4) is 0 Å². The van der Waals surface area contributed by atoms with Crippen LogP contribution in [0.15, 0.2) is 34.8 Å². The molecule has 3 N–H and O–H groups in total. The summed E-state index contributed by atoms with van der Waals surface area (Å²) in [5.41, 5.74) is 8.27. The molecule has 0 fully saturated rings. The lowest BCUT2D eigenvalue weighted by molar-refractivity contribution is 0.527. The zero-order valence-corrected chi connectivity index (χ0v) is 16.0. The fourth-order valence-corrected chi connectivity index (χ4v) is 5.28. The maximum atomic E-state index is 6.33. The number of fused-ring (bicyclic) bond motifs is 1. The van der Waals surface area contributed by atoms with E-state index in [1.165, 1.54) is 4.88 Å². The van der Waals surface area contributed by atoms with Gasteiger partial charge in [-0.05, 0) is 35.7 Å². The van der Waals surface area contributed by atoms with Crippen molar-refractivity contribution in [2.75, 3.05) is 11.9 Å². The number of rotatable bonds is 4. The normalized spacial score (nSPS) is 21.4. The number of anilines is 1. The summed E-state index contributed by atoms with van der Waals surface area (Å²) in [6.45, 7) is 2.77. The van der Waals surface area contributed by atoms with E-state index < -0.39 is 0 Å². The summed E-state index contributed by atoms with van der Waals surface area (Å²) in [6.07, 6.45) is 10.4. The van der Waals surface area contributed by atoms with Crippen LogP contribution in [-0.2, 0) is 0 Å². The van der Waals surface area contributed by atoms with Crippen molar-refractivity contribution in [3.8, 4) is 0 Å². The van der Waals surface area contributed by atoms with Gasteiger partial charge in [0.25, 0.3) is 0 Å². The number of aromatic nitrogens is 1. The highest BCUT2D eigenvalue weighted by Gasteiger charge is 2.27. The van der Waals surface area contributed by atoms with E-state index in [0.29, 0.717) is 11.1 Å². The maximum Gasteiger partial charge on any atom is 0.131 e. The molecular weight excluding hydrogens is 394 g/mol. The zero-order valence-electron chi connectivity index (χ0n) is 12.9. The van der Waals surface area contributed by atoms with Gasteiger partial charge in [0.05, 0.1) is 20.4 Å². The molecule has 6 heteroatoms. The predicted molar refractivity (Wildman–Crippen MR) is 105 cm³/mol. The van der Waals surface area contributed by atoms with Crippen molar-refractivity contribution in [3.63, 3.8) is 0 Å². The van der Waals surface area contributed by atoms with E-state index in [9.17, 15) is 0 Å². The zero-order chi connectivity index (χ0) is 16.4. The molecule has 3 nitrogen and oxygen atoms in total. The molecule has 0 spiro atoms. The Kier molecular flexibility index (Phi) is 5.42. The van der Waals surface area contributed by atoms with Crippen LogP contribution in [0.5, 0.6) is 0 Å². The van der Waals surface area contributed by atoms with Crippen molar-refractivity contribution in [2.45, 2.75) is 31.7 Å². The Balaban J connectivity index is 2.06. The van der Waals surface area contributed by atoms with Gasteiger partial charge in [0, 0.05) is 29.4 Å². The van der Waals surface area contributed by atoms with Gasteiger partial charge in [0.2, 0.25) is 0 Å². The summed E-state index contributed by atoms with van der Waals surface area (Å²) in [5.74, 6) is 0.329. The van der Waals surface area contributed by atoms with E-state index in [1.807, 2.05) is 19.1 Å². The van der Waals surface area contributed by atoms with E-state index in [2.05, 4.69) is 44.5 Å². The molecule has 1 aliphatic rings. The number of nitrogens with zero attached hydrogens (tertiary/aromatic N) is 1. The monoisotopic (exact) mass is 411 g/mol. The first-order valence-corrected chi connectivity index (χ1v) is 9.64. The number of nitrogens with one attached hydrogen (secondary N) is 1. The van der Waals surface area contributed by atoms with Crippen LogP contribution in [-0.4, -0.2) is 17.6 Å². The van der Waals surface area contributed by atoms with Crippen molar-refractivity contribution >= 4 is 54.8 Å². The van der Waals surface area contributed by atoms with Crippen molar-refractivity contribution in [1.82, 2.24) is 4.98 Å². The molecule has 0 aromatic carbocycles. The number of nitrogens with two attached hydrogens (primary N) is 1. The Morgan fingerprint density at radius 3 is 3.00 bits per heavy atom. The molecule has 0 saturated carbocycles. The molecule has 23 heavy (non-hydrogen) atoms. The molecular formula is C17H19BrClN3S. The minimum Gasteiger partial charge on any atom is -0.380 e. The first-order chi connectivity index (χ1) is 11.1. The Labute approximate surface area is 153 Å². The van der Waals surface area contributed by atoms with Crippen LogP contribution >= 0.6 is 38.9 Å². The average Bonchev–Trinajstić information content (AvgIpc) is 2.85. The highest BCUT2D eigenvalue weighted by atomic mass is 79.9. The summed E-state index contributed by atoms with van der Waals surface area (Å²) in [4.78, 5) is 5.78. The van der Waals surface area contributed by atoms with Gasteiger partial charge in [-0.3, -0.25) is 0 Å². The average molecular weight is 413 g/mol. The molecule has 122 valence electrons. The second-order valence-electron chi connectivity index (χ2n) is 5.61. The molecule has 2 heterocycles. The van der Waals surface area contributed by atoms with E-state index in [0.717, 1.165) is 39.8 Å². The molecule has 0 saturated heterocycles. The largest absolute Gasteiger partial charge is 0.380 e. The first-order valence-electron chi connectivity index (χ1n) is 7.65. The summed E-state index contributed by atoms with van der Waals surface area (Å²) in [6, 6.07) is 2.04. The summed E-state index contributed by atoms with van der Waals surface area (Å²) >= 11 is 11.7. The van der Waals surface area contributed by atoms with Crippen LogP contribution in [0.25, 0.3) is 10.2 Å². The van der Waals surface area contributed by atoms with Gasteiger partial charge >= 0.3 is 0 Å². The van der Waals surface area contributed by atoms with Crippen LogP contribution in [0.2, 0.25) is 5.15 Å². The highest BCUT2D eigenvalue weighted by molar-refractivity contribution is 9.10. The van der Waals surface area contributed by atoms with Gasteiger partial charge in [-0.2, -0.15) is 0 Å². The Morgan fingerprint density at radius 2 is 2.26 bits per heavy atom. The van der Waals surface area contributed by atoms with E-state index in [1.54, 1.807) is 11.3 Å². The molecule has 1 aliphatic carbocycles. The molecule has 0 bridgehead atoms. The third kappa shape index (κ3) is 3.48. The van der Waals surface area contributed by atoms with E-state index in [4.69, 9.17) is 17.3 Å². The van der Waals surface area contributed by atoms with Crippen molar-refractivity contribution in [1.29, 1.82) is 0 Å². The molecule has 2 atom stereocenters. The van der Waals surface area contributed by atoms with Crippen molar-refractivity contribution in [2.24, 2.45) is 5.73 Å². The number of pyridine rings is 1. The molecule has 2 aromatic heterocycles. The van der Waals surface area contributed by atoms with Gasteiger partial charge in [0.15, 0.2) is 0 Å². The smallest absolute Gasteiger partial charge is 0.131 e. The number of allylic oxidation sites excluding steroid dienone is 2. The summed E-state index contributed by atoms with van der Waals surface area (Å²) < 4.78 is 2.16. The number of thiophene rings is 1. The van der Waals surface area contributed by atoms with Crippen LogP contribution < -0.4 is 11.1 Å². The second-order valence-corrected chi connectivity index (χ2v) is 7.85. The van der Waals surface area contributed by atoms with Crippen molar-refractivity contribution in [3.05, 3.63) is 44.9 Å². The van der Waals surface area contributed by atoms with Gasteiger partial charge in [-0.15, -0.1) is 11.3 Å². The summed E-state index contributed by atoms with van der Waals surface area (Å²) in [7, 11) is 0. The molecule has 0 radical (unpaired) electrons. The molecule has 2 aromatic rings. The Morgan fingerprint density at radius 1 is 1.48 bits per heavy atom. The van der Waals surface area contributed by atoms with Gasteiger partial charge in [-0.25, -0.2) is 4.98 Å². The topological polar surface area (TPSA) is 50.9 Å². The van der Waals surface area contributed by atoms with Crippen molar-refractivity contribution < 1.29 is 0 Å². The van der Waals surface area contributed by atoms with Crippen LogP contribution in [0, 0.1) is 0 Å². The van der Waals surface area contributed by atoms with Crippen LogP contribution in [0.4, 0.5) is 5.69 Å². The molecule has 3 rings (SSSR count). The molecule has 0 amide bonds. The standard InChI is InChI=1S/C17H19BrClN3S/c1-2-3-8-21-12-9-13(19)22-15-14(18)16(23-17(12)15)10-6-4-5-7-11(10)20/h2-5,9-11H,6-8,20H2,1H3,(H,21,22)/b3-2+/t10-,11-/m0/s1. The number of hydrogen-bond donors (Lipinski definition) is 2. The second kappa shape index (κ2) is 7.34. The predicted octanol–water partition coefficient (Wildman–Crippen LogP) is 5.46. The third-order valence-electron chi connectivity index (χ3n) is 4.04. The summed E-state index contributed by atoms with van der Waals surface area (Å²) in [5, 5.41) is 3.92. The molecule has 0 aliphatic heterocycles. The highest BCUT2D eigenvalue weighted by Crippen LogP contribution is 2.45. The third-order valence-corrected chi connectivity index (χ3v) is 6.65. The van der Waals surface area contributed by atoms with Gasteiger partial charge < -0.3 is 11.1 Å². The maximum absolute atomic E-state index is 6.33. The van der Waals surface area contributed by atoms with Crippen LogP contribution in [0.1, 0.15) is 30.6 Å². The lowest BCUT2D eigenvalue weighted by Gasteiger charge is -2.24. The lowest BCUT2D eigenvalue weighted by Crippen LogP contribution is -2.29. The minimum atomic E-state index is 0.152. The van der Waals surface area contributed by atoms with Gasteiger partial charge in [-0.1, -0.05) is 35.9 Å². The fraction of sp³-hybridized carbons (Fsp3) is 0.353. The molecule has 0 unspecified atom stereocenters. The SMILES string of the molecule is C/C=C/CNc1cc(Cl)nc2c(Br)c([C@H]3CC=CC[C@@H]3N)sc12. The number of hydrogen-bond acceptors (Lipinski definition) is 4.